The van der Waals surface area contributed by atoms with Gasteiger partial charge in [0.1, 0.15) is 11.6 Å². The molecule has 104 valence electrons. The summed E-state index contributed by atoms with van der Waals surface area (Å²) in [5, 5.41) is 2.84. The van der Waals surface area contributed by atoms with Gasteiger partial charge in [-0.3, -0.25) is 4.79 Å². The molecule has 1 fully saturated rings. The summed E-state index contributed by atoms with van der Waals surface area (Å²) in [5.74, 6) is -1.24. The Kier molecular flexibility index (Phi) is 3.94. The number of rotatable bonds is 4. The van der Waals surface area contributed by atoms with Crippen molar-refractivity contribution in [1.29, 1.82) is 0 Å². The second-order valence-electron chi connectivity index (χ2n) is 4.14. The Morgan fingerprint density at radius 1 is 1.42 bits per heavy atom. The van der Waals surface area contributed by atoms with Crippen molar-refractivity contribution in [2.24, 2.45) is 0 Å². The van der Waals surface area contributed by atoms with Crippen molar-refractivity contribution >= 4 is 11.6 Å². The molecule has 4 nitrogen and oxygen atoms in total. The van der Waals surface area contributed by atoms with E-state index in [1.165, 1.54) is 11.0 Å². The molecule has 1 aliphatic rings. The van der Waals surface area contributed by atoms with E-state index in [4.69, 9.17) is 0 Å². The molecule has 7 heteroatoms. The lowest BCUT2D eigenvalue weighted by Crippen LogP contribution is -2.36. The standard InChI is InChI=1S/C12H13F3N2O2/c1-16-10-2-3-17(11(10)18)8-4-7(13)5-9(6-8)19-12(14)15/h4-6,10,12,16H,2-3H2,1H3. The van der Waals surface area contributed by atoms with Gasteiger partial charge in [-0.1, -0.05) is 0 Å². The summed E-state index contributed by atoms with van der Waals surface area (Å²) in [6, 6.07) is 2.87. The molecular weight excluding hydrogens is 261 g/mol. The summed E-state index contributed by atoms with van der Waals surface area (Å²) >= 11 is 0. The van der Waals surface area contributed by atoms with E-state index in [2.05, 4.69) is 10.1 Å². The minimum absolute atomic E-state index is 0.212. The van der Waals surface area contributed by atoms with Crippen LogP contribution in [0.1, 0.15) is 6.42 Å². The fraction of sp³-hybridized carbons (Fsp3) is 0.417. The minimum Gasteiger partial charge on any atom is -0.435 e. The van der Waals surface area contributed by atoms with E-state index in [-0.39, 0.29) is 23.4 Å². The van der Waals surface area contributed by atoms with Crippen molar-refractivity contribution in [3.63, 3.8) is 0 Å². The van der Waals surface area contributed by atoms with E-state index in [0.29, 0.717) is 13.0 Å². The zero-order valence-electron chi connectivity index (χ0n) is 10.2. The Balaban J connectivity index is 2.25. The number of carbonyl (C=O) groups excluding carboxylic acids is 1. The highest BCUT2D eigenvalue weighted by atomic mass is 19.3. The highest BCUT2D eigenvalue weighted by Crippen LogP contribution is 2.28. The van der Waals surface area contributed by atoms with E-state index < -0.39 is 12.4 Å². The van der Waals surface area contributed by atoms with E-state index in [0.717, 1.165) is 12.1 Å². The molecule has 1 aliphatic heterocycles. The van der Waals surface area contributed by atoms with E-state index >= 15 is 0 Å². The predicted molar refractivity (Wildman–Crippen MR) is 62.8 cm³/mol. The van der Waals surface area contributed by atoms with Gasteiger partial charge < -0.3 is 15.0 Å². The number of hydrogen-bond donors (Lipinski definition) is 1. The number of hydrogen-bond acceptors (Lipinski definition) is 3. The van der Waals surface area contributed by atoms with Crippen LogP contribution in [0.5, 0.6) is 5.75 Å². The number of nitrogens with zero attached hydrogens (tertiary/aromatic N) is 1. The van der Waals surface area contributed by atoms with E-state index in [9.17, 15) is 18.0 Å². The van der Waals surface area contributed by atoms with Gasteiger partial charge in [-0.15, -0.1) is 0 Å². The van der Waals surface area contributed by atoms with Crippen LogP contribution in [-0.2, 0) is 4.79 Å². The van der Waals surface area contributed by atoms with Crippen molar-refractivity contribution in [2.75, 3.05) is 18.5 Å². The van der Waals surface area contributed by atoms with Gasteiger partial charge in [-0.05, 0) is 19.5 Å². The van der Waals surface area contributed by atoms with E-state index in [1.807, 2.05) is 0 Å². The van der Waals surface area contributed by atoms with Crippen LogP contribution in [0.3, 0.4) is 0 Å². The maximum absolute atomic E-state index is 13.4. The Bertz CT molecular complexity index is 482. The number of amides is 1. The highest BCUT2D eigenvalue weighted by molar-refractivity contribution is 5.99. The molecule has 0 aromatic heterocycles. The van der Waals surface area contributed by atoms with Crippen molar-refractivity contribution in [1.82, 2.24) is 5.32 Å². The SMILES string of the molecule is CNC1CCN(c2cc(F)cc(OC(F)F)c2)C1=O. The van der Waals surface area contributed by atoms with Gasteiger partial charge >= 0.3 is 6.61 Å². The highest BCUT2D eigenvalue weighted by Gasteiger charge is 2.31. The molecule has 1 heterocycles. The zero-order chi connectivity index (χ0) is 14.0. The topological polar surface area (TPSA) is 41.6 Å². The molecule has 1 atom stereocenters. The van der Waals surface area contributed by atoms with Crippen molar-refractivity contribution in [3.05, 3.63) is 24.0 Å². The number of nitrogens with one attached hydrogen (secondary N) is 1. The number of benzene rings is 1. The molecule has 1 amide bonds. The average Bonchev–Trinajstić information content (AvgIpc) is 2.68. The average molecular weight is 274 g/mol. The number of halogens is 3. The monoisotopic (exact) mass is 274 g/mol. The Morgan fingerprint density at radius 2 is 2.16 bits per heavy atom. The Labute approximate surface area is 108 Å². The summed E-state index contributed by atoms with van der Waals surface area (Å²) in [5.41, 5.74) is 0.221. The lowest BCUT2D eigenvalue weighted by atomic mass is 10.2. The van der Waals surface area contributed by atoms with Gasteiger partial charge in [-0.2, -0.15) is 8.78 Å². The molecule has 1 aromatic carbocycles. The predicted octanol–water partition coefficient (Wildman–Crippen LogP) is 1.75. The maximum atomic E-state index is 13.4. The van der Waals surface area contributed by atoms with Gasteiger partial charge in [0, 0.05) is 18.7 Å². The third kappa shape index (κ3) is 2.98. The molecule has 1 saturated heterocycles. The van der Waals surface area contributed by atoms with Crippen LogP contribution in [0, 0.1) is 5.82 Å². The Hall–Kier alpha value is -1.76. The van der Waals surface area contributed by atoms with Gasteiger partial charge in [0.25, 0.3) is 0 Å². The third-order valence-corrected chi connectivity index (χ3v) is 2.95. The first kappa shape index (κ1) is 13.7. The molecular formula is C12H13F3N2O2. The van der Waals surface area contributed by atoms with Crippen LogP contribution >= 0.6 is 0 Å². The normalized spacial score (nSPS) is 19.3. The number of carbonyl (C=O) groups is 1. The van der Waals surface area contributed by atoms with Crippen molar-refractivity contribution in [3.8, 4) is 5.75 Å². The third-order valence-electron chi connectivity index (χ3n) is 2.95. The maximum Gasteiger partial charge on any atom is 0.387 e. The van der Waals surface area contributed by atoms with Crippen LogP contribution in [0.25, 0.3) is 0 Å². The van der Waals surface area contributed by atoms with Crippen LogP contribution < -0.4 is 15.0 Å². The summed E-state index contributed by atoms with van der Waals surface area (Å²) in [6.45, 7) is -2.63. The molecule has 0 radical (unpaired) electrons. The smallest absolute Gasteiger partial charge is 0.387 e. The first-order chi connectivity index (χ1) is 9.01. The zero-order valence-corrected chi connectivity index (χ0v) is 10.2. The molecule has 1 unspecified atom stereocenters. The van der Waals surface area contributed by atoms with Crippen molar-refractivity contribution < 1.29 is 22.7 Å². The molecule has 2 rings (SSSR count). The fourth-order valence-electron chi connectivity index (χ4n) is 2.08. The lowest BCUT2D eigenvalue weighted by Gasteiger charge is -2.18. The molecule has 19 heavy (non-hydrogen) atoms. The quantitative estimate of drug-likeness (QED) is 0.909. The first-order valence-electron chi connectivity index (χ1n) is 5.75. The minimum atomic E-state index is -3.03. The number of alkyl halides is 2. The number of ether oxygens (including phenoxy) is 1. The largest absolute Gasteiger partial charge is 0.435 e. The number of anilines is 1. The van der Waals surface area contributed by atoms with Crippen LogP contribution in [0.15, 0.2) is 18.2 Å². The molecule has 0 bridgehead atoms. The summed E-state index contributed by atoms with van der Waals surface area (Å²) in [6.07, 6.45) is 0.580. The molecule has 0 saturated carbocycles. The second-order valence-corrected chi connectivity index (χ2v) is 4.14. The molecule has 1 aromatic rings. The fourth-order valence-corrected chi connectivity index (χ4v) is 2.08. The van der Waals surface area contributed by atoms with Crippen LogP contribution in [0.4, 0.5) is 18.9 Å². The van der Waals surface area contributed by atoms with Gasteiger partial charge in [0.05, 0.1) is 11.7 Å². The number of likely N-dealkylation sites (N-methyl/N-ethyl adjacent to an activating group) is 1. The molecule has 0 spiro atoms. The summed E-state index contributed by atoms with van der Waals surface area (Å²) in [4.78, 5) is 13.3. The van der Waals surface area contributed by atoms with Gasteiger partial charge in [-0.25, -0.2) is 4.39 Å². The van der Waals surface area contributed by atoms with E-state index in [1.54, 1.807) is 7.05 Å². The lowest BCUT2D eigenvalue weighted by molar-refractivity contribution is -0.118. The molecule has 1 N–H and O–H groups in total. The van der Waals surface area contributed by atoms with Crippen LogP contribution in [-0.4, -0.2) is 32.2 Å². The van der Waals surface area contributed by atoms with Crippen LogP contribution in [0.2, 0.25) is 0 Å². The van der Waals surface area contributed by atoms with Crippen molar-refractivity contribution in [2.45, 2.75) is 19.1 Å². The Morgan fingerprint density at radius 3 is 2.74 bits per heavy atom. The summed E-state index contributed by atoms with van der Waals surface area (Å²) in [7, 11) is 1.66. The van der Waals surface area contributed by atoms with Gasteiger partial charge in [0.2, 0.25) is 5.91 Å². The second kappa shape index (κ2) is 5.48. The summed E-state index contributed by atoms with van der Waals surface area (Å²) < 4.78 is 41.8. The first-order valence-corrected chi connectivity index (χ1v) is 5.75. The van der Waals surface area contributed by atoms with Gasteiger partial charge in [0.15, 0.2) is 0 Å². The molecule has 0 aliphatic carbocycles.